The van der Waals surface area contributed by atoms with E-state index in [2.05, 4.69) is 11.9 Å². The average Bonchev–Trinajstić information content (AvgIpc) is 3.34. The van der Waals surface area contributed by atoms with E-state index in [0.29, 0.717) is 22.7 Å². The minimum atomic E-state index is -0.0359. The predicted molar refractivity (Wildman–Crippen MR) is 129 cm³/mol. The number of hydrogen-bond donors (Lipinski definition) is 0. The molecule has 0 bridgehead atoms. The Bertz CT molecular complexity index is 1460. The van der Waals surface area contributed by atoms with Crippen LogP contribution in [0.25, 0.3) is 22.1 Å². The van der Waals surface area contributed by atoms with Crippen molar-refractivity contribution in [2.24, 2.45) is 5.92 Å². The molecule has 2 aromatic heterocycles. The first-order valence-corrected chi connectivity index (χ1v) is 11.3. The van der Waals surface area contributed by atoms with E-state index in [1.807, 2.05) is 84.9 Å². The maximum absolute atomic E-state index is 12.9. The highest BCUT2D eigenvalue weighted by atomic mass is 32.1. The predicted octanol–water partition coefficient (Wildman–Crippen LogP) is 4.55. The van der Waals surface area contributed by atoms with Gasteiger partial charge in [-0.3, -0.25) is 4.79 Å². The molecule has 0 fully saturated rings. The van der Waals surface area contributed by atoms with Gasteiger partial charge in [0.15, 0.2) is 4.96 Å². The van der Waals surface area contributed by atoms with Gasteiger partial charge in [0.25, 0.3) is 5.56 Å². The Labute approximate surface area is 189 Å². The summed E-state index contributed by atoms with van der Waals surface area (Å²) < 4.78 is 14.0. The molecule has 5 rings (SSSR count). The second-order valence-corrected chi connectivity index (χ2v) is 8.75. The Balaban J connectivity index is 1.25. The lowest BCUT2D eigenvalue weighted by atomic mass is 10.2. The van der Waals surface area contributed by atoms with Gasteiger partial charge in [-0.15, -0.1) is 0 Å². The maximum Gasteiger partial charge on any atom is 0.274 e. The largest absolute Gasteiger partial charge is 0.493 e. The van der Waals surface area contributed by atoms with Crippen LogP contribution in [0.4, 0.5) is 0 Å². The summed E-state index contributed by atoms with van der Waals surface area (Å²) in [5, 5.41) is 0. The zero-order valence-electron chi connectivity index (χ0n) is 17.6. The Kier molecular flexibility index (Phi) is 5.60. The molecule has 2 heterocycles. The SMILES string of the molecule is CC(COc1ccccc1)COc1ccc(/C=c2\sc3nc4ccccc4n3c2=O)cc1. The van der Waals surface area contributed by atoms with E-state index in [4.69, 9.17) is 9.47 Å². The van der Waals surface area contributed by atoms with Crippen molar-refractivity contribution in [1.29, 1.82) is 0 Å². The molecule has 160 valence electrons. The quantitative estimate of drug-likeness (QED) is 0.371. The molecule has 1 atom stereocenters. The first-order chi connectivity index (χ1) is 15.7. The van der Waals surface area contributed by atoms with Crippen LogP contribution >= 0.6 is 11.3 Å². The standard InChI is InChI=1S/C26H22N2O3S/c1-18(16-30-20-7-3-2-4-8-20)17-31-21-13-11-19(12-14-21)15-24-25(29)28-23-10-6-5-9-22(23)27-26(28)32-24/h2-15,18H,16-17H2,1H3/b24-15-. The number of benzene rings is 3. The normalized spacial score (nSPS) is 13.0. The lowest BCUT2D eigenvalue weighted by Gasteiger charge is -2.14. The summed E-state index contributed by atoms with van der Waals surface area (Å²) in [5.74, 6) is 1.91. The van der Waals surface area contributed by atoms with Crippen molar-refractivity contribution in [1.82, 2.24) is 9.38 Å². The molecule has 3 aromatic carbocycles. The van der Waals surface area contributed by atoms with Crippen molar-refractivity contribution in [3.63, 3.8) is 0 Å². The van der Waals surface area contributed by atoms with Gasteiger partial charge >= 0.3 is 0 Å². The molecule has 0 aliphatic heterocycles. The fourth-order valence-corrected chi connectivity index (χ4v) is 4.45. The van der Waals surface area contributed by atoms with E-state index in [9.17, 15) is 4.79 Å². The van der Waals surface area contributed by atoms with Gasteiger partial charge in [-0.05, 0) is 48.0 Å². The maximum atomic E-state index is 12.9. The van der Waals surface area contributed by atoms with Crippen molar-refractivity contribution >= 4 is 33.4 Å². The van der Waals surface area contributed by atoms with Gasteiger partial charge in [-0.1, -0.05) is 60.7 Å². The lowest BCUT2D eigenvalue weighted by molar-refractivity contribution is 0.188. The lowest BCUT2D eigenvalue weighted by Crippen LogP contribution is -2.22. The Morgan fingerprint density at radius 2 is 1.56 bits per heavy atom. The summed E-state index contributed by atoms with van der Waals surface area (Å²) >= 11 is 1.41. The number of para-hydroxylation sites is 3. The van der Waals surface area contributed by atoms with Gasteiger partial charge in [0.2, 0.25) is 0 Å². The fourth-order valence-electron chi connectivity index (χ4n) is 3.47. The van der Waals surface area contributed by atoms with E-state index in [0.717, 1.165) is 28.1 Å². The van der Waals surface area contributed by atoms with Crippen LogP contribution in [-0.2, 0) is 0 Å². The van der Waals surface area contributed by atoms with Gasteiger partial charge in [0.05, 0.1) is 28.8 Å². The molecular formula is C26H22N2O3S. The van der Waals surface area contributed by atoms with Crippen LogP contribution in [0.1, 0.15) is 12.5 Å². The molecule has 0 aliphatic rings. The Morgan fingerprint density at radius 1 is 0.906 bits per heavy atom. The first kappa shape index (κ1) is 20.3. The third-order valence-corrected chi connectivity index (χ3v) is 6.10. The van der Waals surface area contributed by atoms with Crippen LogP contribution in [-0.4, -0.2) is 22.6 Å². The minimum Gasteiger partial charge on any atom is -0.493 e. The molecule has 0 amide bonds. The molecule has 5 aromatic rings. The summed E-state index contributed by atoms with van der Waals surface area (Å²) in [4.78, 5) is 18.2. The van der Waals surface area contributed by atoms with Crippen LogP contribution in [0.2, 0.25) is 0 Å². The molecule has 0 saturated heterocycles. The highest BCUT2D eigenvalue weighted by Gasteiger charge is 2.10. The van der Waals surface area contributed by atoms with Crippen molar-refractivity contribution < 1.29 is 9.47 Å². The van der Waals surface area contributed by atoms with E-state index >= 15 is 0 Å². The topological polar surface area (TPSA) is 52.8 Å². The van der Waals surface area contributed by atoms with E-state index in [-0.39, 0.29) is 11.5 Å². The Morgan fingerprint density at radius 3 is 2.31 bits per heavy atom. The van der Waals surface area contributed by atoms with Crippen LogP contribution < -0.4 is 19.6 Å². The van der Waals surface area contributed by atoms with Crippen LogP contribution in [0, 0.1) is 5.92 Å². The average molecular weight is 443 g/mol. The van der Waals surface area contributed by atoms with Crippen LogP contribution in [0.3, 0.4) is 0 Å². The monoisotopic (exact) mass is 442 g/mol. The van der Waals surface area contributed by atoms with E-state index in [1.54, 1.807) is 4.40 Å². The third-order valence-electron chi connectivity index (χ3n) is 5.14. The number of imidazole rings is 1. The molecule has 0 aliphatic carbocycles. The molecule has 0 saturated carbocycles. The number of thiazole rings is 1. The molecule has 6 heteroatoms. The minimum absolute atomic E-state index is 0.0359. The second kappa shape index (κ2) is 8.85. The van der Waals surface area contributed by atoms with Gasteiger partial charge in [-0.25, -0.2) is 9.38 Å². The summed E-state index contributed by atoms with van der Waals surface area (Å²) in [6.07, 6.45) is 1.90. The van der Waals surface area contributed by atoms with Crippen molar-refractivity contribution in [2.45, 2.75) is 6.92 Å². The van der Waals surface area contributed by atoms with Crippen LogP contribution in [0.5, 0.6) is 11.5 Å². The molecule has 32 heavy (non-hydrogen) atoms. The van der Waals surface area contributed by atoms with Crippen molar-refractivity contribution in [2.75, 3.05) is 13.2 Å². The van der Waals surface area contributed by atoms with Gasteiger partial charge in [0, 0.05) is 5.92 Å². The highest BCUT2D eigenvalue weighted by Crippen LogP contribution is 2.17. The number of ether oxygens (including phenoxy) is 2. The Hall–Kier alpha value is -3.64. The highest BCUT2D eigenvalue weighted by molar-refractivity contribution is 7.15. The van der Waals surface area contributed by atoms with Gasteiger partial charge in [-0.2, -0.15) is 0 Å². The number of hydrogen-bond acceptors (Lipinski definition) is 5. The van der Waals surface area contributed by atoms with E-state index in [1.165, 1.54) is 11.3 Å². The van der Waals surface area contributed by atoms with Gasteiger partial charge < -0.3 is 9.47 Å². The van der Waals surface area contributed by atoms with Crippen molar-refractivity contribution in [3.05, 3.63) is 99.3 Å². The smallest absolute Gasteiger partial charge is 0.274 e. The number of fused-ring (bicyclic) bond motifs is 3. The number of nitrogens with zero attached hydrogens (tertiary/aromatic N) is 2. The molecule has 5 nitrogen and oxygen atoms in total. The fraction of sp³-hybridized carbons (Fsp3) is 0.154. The molecule has 1 unspecified atom stereocenters. The molecule has 0 radical (unpaired) electrons. The summed E-state index contributed by atoms with van der Waals surface area (Å²) in [7, 11) is 0. The first-order valence-electron chi connectivity index (χ1n) is 10.5. The van der Waals surface area contributed by atoms with Crippen molar-refractivity contribution in [3.8, 4) is 11.5 Å². The van der Waals surface area contributed by atoms with E-state index < -0.39 is 0 Å². The summed E-state index contributed by atoms with van der Waals surface area (Å²) in [6.45, 7) is 3.25. The molecular weight excluding hydrogens is 420 g/mol. The third kappa shape index (κ3) is 4.22. The second-order valence-electron chi connectivity index (χ2n) is 7.74. The number of rotatable bonds is 7. The van der Waals surface area contributed by atoms with Gasteiger partial charge in [0.1, 0.15) is 11.5 Å². The summed E-state index contributed by atoms with van der Waals surface area (Å²) in [6, 6.07) is 25.2. The zero-order chi connectivity index (χ0) is 21.9. The zero-order valence-corrected chi connectivity index (χ0v) is 18.4. The molecule has 0 N–H and O–H groups in total. The van der Waals surface area contributed by atoms with Crippen LogP contribution in [0.15, 0.2) is 83.7 Å². The molecule has 0 spiro atoms. The number of aromatic nitrogens is 2. The summed E-state index contributed by atoms with van der Waals surface area (Å²) in [5.41, 5.74) is 2.60.